The smallest absolute Gasteiger partial charge is 0.258 e. The van der Waals surface area contributed by atoms with Crippen molar-refractivity contribution in [3.63, 3.8) is 0 Å². The fraction of sp³-hybridized carbons (Fsp3) is 0.235. The minimum absolute atomic E-state index is 0.0309. The molecule has 3 nitrogen and oxygen atoms in total. The van der Waals surface area contributed by atoms with Gasteiger partial charge in [-0.15, -0.1) is 0 Å². The Hall–Kier alpha value is -1.71. The summed E-state index contributed by atoms with van der Waals surface area (Å²) in [7, 11) is 0. The quantitative estimate of drug-likeness (QED) is 0.882. The molecule has 116 valence electrons. The molecule has 22 heavy (non-hydrogen) atoms. The Morgan fingerprint density at radius 2 is 1.82 bits per heavy atom. The standard InChI is InChI=1S/C17H17Cl2NO2/c1-11-4-3-5-12(2)17(11)22-10-16(21)20-9-13-6-7-14(18)8-15(13)19/h3-8H,9-10H2,1-2H3,(H,20,21). The number of rotatable bonds is 5. The monoisotopic (exact) mass is 337 g/mol. The molecule has 0 aliphatic rings. The number of benzene rings is 2. The van der Waals surface area contributed by atoms with Crippen LogP contribution in [0.4, 0.5) is 0 Å². The van der Waals surface area contributed by atoms with Crippen LogP contribution in [-0.2, 0) is 11.3 Å². The SMILES string of the molecule is Cc1cccc(C)c1OCC(=O)NCc1ccc(Cl)cc1Cl. The van der Waals surface area contributed by atoms with Gasteiger partial charge in [0, 0.05) is 16.6 Å². The van der Waals surface area contributed by atoms with E-state index in [1.54, 1.807) is 18.2 Å². The zero-order valence-corrected chi connectivity index (χ0v) is 14.0. The second kappa shape index (κ2) is 7.52. The molecule has 0 aliphatic carbocycles. The number of hydrogen-bond donors (Lipinski definition) is 1. The maximum Gasteiger partial charge on any atom is 0.258 e. The van der Waals surface area contributed by atoms with Gasteiger partial charge in [-0.1, -0.05) is 47.5 Å². The van der Waals surface area contributed by atoms with E-state index >= 15 is 0 Å². The molecule has 2 aromatic rings. The number of nitrogens with one attached hydrogen (secondary N) is 1. The molecular weight excluding hydrogens is 321 g/mol. The molecule has 5 heteroatoms. The Morgan fingerprint density at radius 1 is 1.14 bits per heavy atom. The summed E-state index contributed by atoms with van der Waals surface area (Å²) in [5, 5.41) is 3.88. The van der Waals surface area contributed by atoms with Gasteiger partial charge in [0.15, 0.2) is 6.61 Å². The molecule has 0 aliphatic heterocycles. The van der Waals surface area contributed by atoms with E-state index in [1.165, 1.54) is 0 Å². The summed E-state index contributed by atoms with van der Waals surface area (Å²) < 4.78 is 5.60. The molecule has 0 atom stereocenters. The number of carbonyl (C=O) groups is 1. The highest BCUT2D eigenvalue weighted by Gasteiger charge is 2.08. The number of ether oxygens (including phenoxy) is 1. The van der Waals surface area contributed by atoms with Crippen molar-refractivity contribution >= 4 is 29.1 Å². The summed E-state index contributed by atoms with van der Waals surface area (Å²) in [4.78, 5) is 11.9. The zero-order valence-electron chi connectivity index (χ0n) is 12.5. The molecule has 0 aromatic heterocycles. The fourth-order valence-corrected chi connectivity index (χ4v) is 2.55. The van der Waals surface area contributed by atoms with Crippen molar-refractivity contribution in [2.45, 2.75) is 20.4 Å². The Labute approximate surface area is 140 Å². The lowest BCUT2D eigenvalue weighted by molar-refractivity contribution is -0.123. The lowest BCUT2D eigenvalue weighted by Crippen LogP contribution is -2.28. The summed E-state index contributed by atoms with van der Waals surface area (Å²) >= 11 is 11.9. The third-order valence-corrected chi connectivity index (χ3v) is 3.83. The predicted octanol–water partition coefficient (Wildman–Crippen LogP) is 4.31. The van der Waals surface area contributed by atoms with Crippen molar-refractivity contribution < 1.29 is 9.53 Å². The second-order valence-electron chi connectivity index (χ2n) is 5.02. The molecule has 0 fully saturated rings. The molecule has 1 N–H and O–H groups in total. The zero-order chi connectivity index (χ0) is 16.1. The number of hydrogen-bond acceptors (Lipinski definition) is 2. The normalized spacial score (nSPS) is 10.4. The molecule has 0 saturated heterocycles. The summed E-state index contributed by atoms with van der Waals surface area (Å²) in [5.74, 6) is 0.552. The third-order valence-electron chi connectivity index (χ3n) is 3.25. The molecule has 0 spiro atoms. The fourth-order valence-electron chi connectivity index (χ4n) is 2.07. The average molecular weight is 338 g/mol. The maximum atomic E-state index is 11.9. The predicted molar refractivity (Wildman–Crippen MR) is 89.7 cm³/mol. The minimum atomic E-state index is -0.200. The Bertz CT molecular complexity index is 666. The molecule has 0 radical (unpaired) electrons. The lowest BCUT2D eigenvalue weighted by Gasteiger charge is -2.12. The van der Waals surface area contributed by atoms with Gasteiger partial charge in [0.1, 0.15) is 5.75 Å². The minimum Gasteiger partial charge on any atom is -0.483 e. The van der Waals surface area contributed by atoms with Crippen LogP contribution >= 0.6 is 23.2 Å². The largest absolute Gasteiger partial charge is 0.483 e. The van der Waals surface area contributed by atoms with Crippen LogP contribution in [0, 0.1) is 13.8 Å². The van der Waals surface area contributed by atoms with Gasteiger partial charge in [-0.2, -0.15) is 0 Å². The van der Waals surface area contributed by atoms with E-state index in [0.717, 1.165) is 22.4 Å². The first-order valence-corrected chi connectivity index (χ1v) is 7.62. The van der Waals surface area contributed by atoms with Gasteiger partial charge in [-0.05, 0) is 42.7 Å². The van der Waals surface area contributed by atoms with E-state index in [0.29, 0.717) is 16.6 Å². The summed E-state index contributed by atoms with van der Waals surface area (Å²) in [6.45, 7) is 4.21. The number of aryl methyl sites for hydroxylation is 2. The van der Waals surface area contributed by atoms with Crippen molar-refractivity contribution in [2.24, 2.45) is 0 Å². The Balaban J connectivity index is 1.88. The van der Waals surface area contributed by atoms with Crippen LogP contribution in [0.25, 0.3) is 0 Å². The number of halogens is 2. The molecule has 2 rings (SSSR count). The van der Waals surface area contributed by atoms with Gasteiger partial charge in [0.2, 0.25) is 0 Å². The molecule has 1 amide bonds. The molecule has 2 aromatic carbocycles. The lowest BCUT2D eigenvalue weighted by atomic mass is 10.1. The van der Waals surface area contributed by atoms with Gasteiger partial charge in [-0.25, -0.2) is 0 Å². The number of carbonyl (C=O) groups excluding carboxylic acids is 1. The van der Waals surface area contributed by atoms with E-state index < -0.39 is 0 Å². The summed E-state index contributed by atoms with van der Waals surface area (Å²) in [6.07, 6.45) is 0. The van der Waals surface area contributed by atoms with Gasteiger partial charge in [0.05, 0.1) is 0 Å². The maximum absolute atomic E-state index is 11.9. The molecule has 0 unspecified atom stereocenters. The van der Waals surface area contributed by atoms with Crippen LogP contribution in [0.5, 0.6) is 5.75 Å². The first-order chi connectivity index (χ1) is 10.5. The van der Waals surface area contributed by atoms with E-state index in [2.05, 4.69) is 5.32 Å². The van der Waals surface area contributed by atoms with Crippen molar-refractivity contribution in [1.82, 2.24) is 5.32 Å². The van der Waals surface area contributed by atoms with Crippen LogP contribution in [0.15, 0.2) is 36.4 Å². The molecule has 0 heterocycles. The molecular formula is C17H17Cl2NO2. The third kappa shape index (κ3) is 4.39. The molecule has 0 saturated carbocycles. The van der Waals surface area contributed by atoms with Crippen LogP contribution in [0.2, 0.25) is 10.0 Å². The Morgan fingerprint density at radius 3 is 2.45 bits per heavy atom. The Kier molecular flexibility index (Phi) is 5.69. The summed E-state index contributed by atoms with van der Waals surface area (Å²) in [5.41, 5.74) is 2.83. The summed E-state index contributed by atoms with van der Waals surface area (Å²) in [6, 6.07) is 11.0. The molecule has 0 bridgehead atoms. The van der Waals surface area contributed by atoms with Crippen molar-refractivity contribution in [3.8, 4) is 5.75 Å². The number of para-hydroxylation sites is 1. The van der Waals surface area contributed by atoms with Crippen molar-refractivity contribution in [3.05, 3.63) is 63.1 Å². The van der Waals surface area contributed by atoms with Gasteiger partial charge < -0.3 is 10.1 Å². The van der Waals surface area contributed by atoms with Crippen molar-refractivity contribution in [1.29, 1.82) is 0 Å². The average Bonchev–Trinajstić information content (AvgIpc) is 2.46. The van der Waals surface area contributed by atoms with E-state index in [1.807, 2.05) is 32.0 Å². The van der Waals surface area contributed by atoms with Gasteiger partial charge >= 0.3 is 0 Å². The first kappa shape index (κ1) is 16.7. The van der Waals surface area contributed by atoms with Crippen LogP contribution < -0.4 is 10.1 Å². The van der Waals surface area contributed by atoms with E-state index in [-0.39, 0.29) is 12.5 Å². The van der Waals surface area contributed by atoms with E-state index in [9.17, 15) is 4.79 Å². The van der Waals surface area contributed by atoms with Gasteiger partial charge in [0.25, 0.3) is 5.91 Å². The van der Waals surface area contributed by atoms with Gasteiger partial charge in [-0.3, -0.25) is 4.79 Å². The highest BCUT2D eigenvalue weighted by Crippen LogP contribution is 2.22. The van der Waals surface area contributed by atoms with Crippen LogP contribution in [0.1, 0.15) is 16.7 Å². The second-order valence-corrected chi connectivity index (χ2v) is 5.87. The van der Waals surface area contributed by atoms with E-state index in [4.69, 9.17) is 27.9 Å². The highest BCUT2D eigenvalue weighted by atomic mass is 35.5. The van der Waals surface area contributed by atoms with Crippen LogP contribution in [-0.4, -0.2) is 12.5 Å². The highest BCUT2D eigenvalue weighted by molar-refractivity contribution is 6.35. The first-order valence-electron chi connectivity index (χ1n) is 6.87. The van der Waals surface area contributed by atoms with Crippen molar-refractivity contribution in [2.75, 3.05) is 6.61 Å². The van der Waals surface area contributed by atoms with Crippen LogP contribution in [0.3, 0.4) is 0 Å². The number of amides is 1. The topological polar surface area (TPSA) is 38.3 Å².